The summed E-state index contributed by atoms with van der Waals surface area (Å²) in [6.07, 6.45) is 0.758. The summed E-state index contributed by atoms with van der Waals surface area (Å²) in [6.45, 7) is 2.27. The Morgan fingerprint density at radius 3 is 2.57 bits per heavy atom. The average molecular weight is 194 g/mol. The van der Waals surface area contributed by atoms with E-state index in [0.717, 1.165) is 6.42 Å². The fourth-order valence-electron chi connectivity index (χ4n) is 1.10. The summed E-state index contributed by atoms with van der Waals surface area (Å²) in [5.74, 6) is -0.922. The number of carboxylic acid groups (broad SMARTS) is 1. The molecule has 3 nitrogen and oxygen atoms in total. The van der Waals surface area contributed by atoms with E-state index < -0.39 is 5.97 Å². The first kappa shape index (κ1) is 10.7. The third kappa shape index (κ3) is 4.05. The number of rotatable bonds is 5. The lowest BCUT2D eigenvalue weighted by Crippen LogP contribution is -2.08. The van der Waals surface area contributed by atoms with Crippen molar-refractivity contribution >= 4 is 5.97 Å². The van der Waals surface area contributed by atoms with Crippen LogP contribution in [0.5, 0.6) is 0 Å². The van der Waals surface area contributed by atoms with Gasteiger partial charge in [-0.3, -0.25) is 0 Å². The molecular formula is C11H14O3. The summed E-state index contributed by atoms with van der Waals surface area (Å²) in [6, 6.07) is 8.12. The number of hydrogen-bond acceptors (Lipinski definition) is 2. The molecule has 1 aromatic rings. The Morgan fingerprint density at radius 2 is 2.00 bits per heavy atom. The first-order chi connectivity index (χ1) is 6.68. The van der Waals surface area contributed by atoms with E-state index in [2.05, 4.69) is 0 Å². The van der Waals surface area contributed by atoms with Crippen molar-refractivity contribution < 1.29 is 14.6 Å². The van der Waals surface area contributed by atoms with Crippen molar-refractivity contribution in [3.8, 4) is 0 Å². The molecule has 0 radical (unpaired) electrons. The van der Waals surface area contributed by atoms with Crippen LogP contribution in [0.25, 0.3) is 0 Å². The monoisotopic (exact) mass is 194 g/mol. The van der Waals surface area contributed by atoms with E-state index in [9.17, 15) is 4.79 Å². The van der Waals surface area contributed by atoms with Crippen LogP contribution in [-0.2, 0) is 16.0 Å². The number of aliphatic carboxylic acids is 1. The molecule has 14 heavy (non-hydrogen) atoms. The molecule has 0 aromatic heterocycles. The van der Waals surface area contributed by atoms with Gasteiger partial charge in [0.15, 0.2) is 0 Å². The lowest BCUT2D eigenvalue weighted by atomic mass is 10.1. The van der Waals surface area contributed by atoms with Crippen LogP contribution in [0.3, 0.4) is 0 Å². The summed E-state index contributed by atoms with van der Waals surface area (Å²) < 4.78 is 4.93. The van der Waals surface area contributed by atoms with Gasteiger partial charge in [0.05, 0.1) is 6.61 Å². The summed E-state index contributed by atoms with van der Waals surface area (Å²) in [5, 5.41) is 8.32. The smallest absolute Gasteiger partial charge is 0.329 e. The molecule has 0 unspecified atom stereocenters. The molecule has 0 bridgehead atoms. The Hall–Kier alpha value is -1.35. The summed E-state index contributed by atoms with van der Waals surface area (Å²) in [4.78, 5) is 10.1. The van der Waals surface area contributed by atoms with Gasteiger partial charge in [0, 0.05) is 0 Å². The highest BCUT2D eigenvalue weighted by molar-refractivity contribution is 5.67. The van der Waals surface area contributed by atoms with E-state index in [0.29, 0.717) is 6.61 Å². The molecule has 0 spiro atoms. The topological polar surface area (TPSA) is 46.5 Å². The average Bonchev–Trinajstić information content (AvgIpc) is 2.15. The van der Waals surface area contributed by atoms with E-state index in [1.807, 2.05) is 31.2 Å². The van der Waals surface area contributed by atoms with Crippen molar-refractivity contribution in [2.45, 2.75) is 13.3 Å². The van der Waals surface area contributed by atoms with Gasteiger partial charge in [-0.1, -0.05) is 29.8 Å². The highest BCUT2D eigenvalue weighted by atomic mass is 16.5. The second kappa shape index (κ2) is 5.40. The zero-order valence-corrected chi connectivity index (χ0v) is 8.19. The Kier molecular flexibility index (Phi) is 4.13. The fourth-order valence-corrected chi connectivity index (χ4v) is 1.10. The summed E-state index contributed by atoms with van der Waals surface area (Å²) >= 11 is 0. The standard InChI is InChI=1S/C11H14O3/c1-9-2-4-10(5-3-9)6-7-14-8-11(12)13/h2-5H,6-8H2,1H3,(H,12,13). The first-order valence-electron chi connectivity index (χ1n) is 4.53. The first-order valence-corrected chi connectivity index (χ1v) is 4.53. The Bertz CT molecular complexity index is 290. The minimum atomic E-state index is -0.922. The van der Waals surface area contributed by atoms with Gasteiger partial charge < -0.3 is 9.84 Å². The zero-order valence-electron chi connectivity index (χ0n) is 8.19. The molecular weight excluding hydrogens is 180 g/mol. The molecule has 1 N–H and O–H groups in total. The molecule has 3 heteroatoms. The van der Waals surface area contributed by atoms with E-state index >= 15 is 0 Å². The van der Waals surface area contributed by atoms with Gasteiger partial charge in [0.2, 0.25) is 0 Å². The Labute approximate surface area is 83.3 Å². The second-order valence-corrected chi connectivity index (χ2v) is 3.18. The van der Waals surface area contributed by atoms with Crippen LogP contribution in [0.15, 0.2) is 24.3 Å². The number of aryl methyl sites for hydroxylation is 1. The van der Waals surface area contributed by atoms with Crippen molar-refractivity contribution in [3.05, 3.63) is 35.4 Å². The van der Waals surface area contributed by atoms with Crippen molar-refractivity contribution in [1.29, 1.82) is 0 Å². The van der Waals surface area contributed by atoms with E-state index in [-0.39, 0.29) is 6.61 Å². The number of benzene rings is 1. The largest absolute Gasteiger partial charge is 0.480 e. The van der Waals surface area contributed by atoms with Crippen molar-refractivity contribution in [2.75, 3.05) is 13.2 Å². The minimum Gasteiger partial charge on any atom is -0.480 e. The van der Waals surface area contributed by atoms with Crippen LogP contribution < -0.4 is 0 Å². The van der Waals surface area contributed by atoms with Crippen molar-refractivity contribution in [2.24, 2.45) is 0 Å². The lowest BCUT2D eigenvalue weighted by molar-refractivity contribution is -0.142. The molecule has 76 valence electrons. The highest BCUT2D eigenvalue weighted by Crippen LogP contribution is 2.03. The molecule has 0 amide bonds. The molecule has 0 saturated carbocycles. The molecule has 0 aliphatic rings. The van der Waals surface area contributed by atoms with Crippen molar-refractivity contribution in [3.63, 3.8) is 0 Å². The maximum Gasteiger partial charge on any atom is 0.329 e. The molecule has 0 saturated heterocycles. The predicted molar refractivity (Wildman–Crippen MR) is 53.3 cm³/mol. The number of hydrogen-bond donors (Lipinski definition) is 1. The van der Waals surface area contributed by atoms with Gasteiger partial charge in [-0.25, -0.2) is 4.79 Å². The van der Waals surface area contributed by atoms with Crippen LogP contribution >= 0.6 is 0 Å². The normalized spacial score (nSPS) is 10.1. The highest BCUT2D eigenvalue weighted by Gasteiger charge is 1.96. The quantitative estimate of drug-likeness (QED) is 0.725. The van der Waals surface area contributed by atoms with Gasteiger partial charge in [-0.15, -0.1) is 0 Å². The predicted octanol–water partition coefficient (Wildman–Crippen LogP) is 1.64. The summed E-state index contributed by atoms with van der Waals surface area (Å²) in [7, 11) is 0. The third-order valence-corrected chi connectivity index (χ3v) is 1.88. The van der Waals surface area contributed by atoms with Gasteiger partial charge in [-0.05, 0) is 18.9 Å². The Morgan fingerprint density at radius 1 is 1.36 bits per heavy atom. The Balaban J connectivity index is 2.25. The summed E-state index contributed by atoms with van der Waals surface area (Å²) in [5.41, 5.74) is 2.39. The molecule has 0 atom stereocenters. The SMILES string of the molecule is Cc1ccc(CCOCC(=O)O)cc1. The third-order valence-electron chi connectivity index (χ3n) is 1.88. The molecule has 0 aliphatic carbocycles. The molecule has 1 rings (SSSR count). The molecule has 0 fully saturated rings. The van der Waals surface area contributed by atoms with Crippen LogP contribution in [0.1, 0.15) is 11.1 Å². The molecule has 1 aromatic carbocycles. The number of carbonyl (C=O) groups is 1. The van der Waals surface area contributed by atoms with Gasteiger partial charge in [0.1, 0.15) is 6.61 Å². The van der Waals surface area contributed by atoms with Crippen LogP contribution in [-0.4, -0.2) is 24.3 Å². The maximum absolute atomic E-state index is 10.1. The van der Waals surface area contributed by atoms with Gasteiger partial charge in [0.25, 0.3) is 0 Å². The molecule has 0 aliphatic heterocycles. The number of carboxylic acids is 1. The number of ether oxygens (including phenoxy) is 1. The van der Waals surface area contributed by atoms with Crippen molar-refractivity contribution in [1.82, 2.24) is 0 Å². The van der Waals surface area contributed by atoms with Crippen LogP contribution in [0.4, 0.5) is 0 Å². The van der Waals surface area contributed by atoms with Gasteiger partial charge >= 0.3 is 5.97 Å². The van der Waals surface area contributed by atoms with Gasteiger partial charge in [-0.2, -0.15) is 0 Å². The van der Waals surface area contributed by atoms with E-state index in [1.54, 1.807) is 0 Å². The second-order valence-electron chi connectivity index (χ2n) is 3.18. The maximum atomic E-state index is 10.1. The molecule has 0 heterocycles. The lowest BCUT2D eigenvalue weighted by Gasteiger charge is -2.02. The zero-order chi connectivity index (χ0) is 10.4. The minimum absolute atomic E-state index is 0.216. The fraction of sp³-hybridized carbons (Fsp3) is 0.364. The van der Waals surface area contributed by atoms with Crippen LogP contribution in [0.2, 0.25) is 0 Å². The van der Waals surface area contributed by atoms with E-state index in [1.165, 1.54) is 11.1 Å². The van der Waals surface area contributed by atoms with Crippen LogP contribution in [0, 0.1) is 6.92 Å². The van der Waals surface area contributed by atoms with E-state index in [4.69, 9.17) is 9.84 Å².